The largest absolute Gasteiger partial charge is 0.492 e. The maximum Gasteiger partial charge on any atom is 0.144 e. The lowest BCUT2D eigenvalue weighted by atomic mass is 10.1. The molecule has 1 aliphatic carbocycles. The predicted octanol–water partition coefficient (Wildman–Crippen LogP) is 3.44. The standard InChI is InChI=1S/C15H24N2O/c1-3-17(12-8-5-6-9-12)13-10-7-11-14(15(13)16)18-4-2/h7,10-12H,3-6,8-9,16H2,1-2H3. The van der Waals surface area contributed by atoms with Crippen molar-refractivity contribution in [1.82, 2.24) is 0 Å². The second-order valence-electron chi connectivity index (χ2n) is 4.85. The summed E-state index contributed by atoms with van der Waals surface area (Å²) in [6.07, 6.45) is 5.25. The number of anilines is 2. The topological polar surface area (TPSA) is 38.5 Å². The third-order valence-electron chi connectivity index (χ3n) is 3.76. The van der Waals surface area contributed by atoms with Gasteiger partial charge in [-0.3, -0.25) is 0 Å². The molecule has 0 aliphatic heterocycles. The van der Waals surface area contributed by atoms with Crippen molar-refractivity contribution in [1.29, 1.82) is 0 Å². The zero-order valence-corrected chi connectivity index (χ0v) is 11.5. The van der Waals surface area contributed by atoms with Crippen LogP contribution in [0.3, 0.4) is 0 Å². The molecule has 100 valence electrons. The van der Waals surface area contributed by atoms with E-state index >= 15 is 0 Å². The molecule has 3 nitrogen and oxygen atoms in total. The molecule has 1 aromatic rings. The normalized spacial score (nSPS) is 15.9. The molecular formula is C15H24N2O. The summed E-state index contributed by atoms with van der Waals surface area (Å²) in [5, 5.41) is 0. The predicted molar refractivity (Wildman–Crippen MR) is 77.3 cm³/mol. The van der Waals surface area contributed by atoms with Crippen molar-refractivity contribution >= 4 is 11.4 Å². The number of rotatable bonds is 5. The van der Waals surface area contributed by atoms with Gasteiger partial charge in [0.1, 0.15) is 5.75 Å². The van der Waals surface area contributed by atoms with Gasteiger partial charge in [0.15, 0.2) is 0 Å². The second-order valence-corrected chi connectivity index (χ2v) is 4.85. The molecule has 0 bridgehead atoms. The smallest absolute Gasteiger partial charge is 0.144 e. The van der Waals surface area contributed by atoms with Gasteiger partial charge in [-0.25, -0.2) is 0 Å². The molecule has 0 spiro atoms. The molecule has 1 aromatic carbocycles. The molecule has 0 amide bonds. The van der Waals surface area contributed by atoms with Gasteiger partial charge >= 0.3 is 0 Å². The van der Waals surface area contributed by atoms with Crippen molar-refractivity contribution in [2.45, 2.75) is 45.6 Å². The number of para-hydroxylation sites is 1. The number of hydrogen-bond donors (Lipinski definition) is 1. The first-order valence-corrected chi connectivity index (χ1v) is 7.05. The average Bonchev–Trinajstić information content (AvgIpc) is 2.89. The number of nitrogens with zero attached hydrogens (tertiary/aromatic N) is 1. The molecule has 1 aliphatic rings. The second kappa shape index (κ2) is 5.98. The van der Waals surface area contributed by atoms with Crippen molar-refractivity contribution in [3.05, 3.63) is 18.2 Å². The van der Waals surface area contributed by atoms with Gasteiger partial charge in [-0.2, -0.15) is 0 Å². The molecule has 18 heavy (non-hydrogen) atoms. The molecule has 0 heterocycles. The highest BCUT2D eigenvalue weighted by Crippen LogP contribution is 2.36. The van der Waals surface area contributed by atoms with Crippen LogP contribution in [0.2, 0.25) is 0 Å². The Balaban J connectivity index is 2.26. The summed E-state index contributed by atoms with van der Waals surface area (Å²) in [7, 11) is 0. The van der Waals surface area contributed by atoms with Gasteiger partial charge in [-0.1, -0.05) is 18.9 Å². The van der Waals surface area contributed by atoms with Gasteiger partial charge in [-0.15, -0.1) is 0 Å². The Morgan fingerprint density at radius 1 is 1.28 bits per heavy atom. The summed E-state index contributed by atoms with van der Waals surface area (Å²) < 4.78 is 5.58. The van der Waals surface area contributed by atoms with Crippen LogP contribution in [0.1, 0.15) is 39.5 Å². The zero-order valence-electron chi connectivity index (χ0n) is 11.5. The van der Waals surface area contributed by atoms with Gasteiger partial charge in [0.2, 0.25) is 0 Å². The van der Waals surface area contributed by atoms with Crippen LogP contribution in [0.5, 0.6) is 5.75 Å². The summed E-state index contributed by atoms with van der Waals surface area (Å²) in [5.41, 5.74) is 8.17. The number of ether oxygens (including phenoxy) is 1. The van der Waals surface area contributed by atoms with E-state index in [2.05, 4.69) is 17.9 Å². The van der Waals surface area contributed by atoms with Crippen LogP contribution in [0.25, 0.3) is 0 Å². The Morgan fingerprint density at radius 2 is 2.00 bits per heavy atom. The number of nitrogens with two attached hydrogens (primary N) is 1. The molecule has 3 heteroatoms. The van der Waals surface area contributed by atoms with Gasteiger partial charge in [-0.05, 0) is 38.8 Å². The lowest BCUT2D eigenvalue weighted by Crippen LogP contribution is -2.33. The van der Waals surface area contributed by atoms with E-state index < -0.39 is 0 Å². The quantitative estimate of drug-likeness (QED) is 0.811. The maximum absolute atomic E-state index is 6.25. The molecule has 0 unspecified atom stereocenters. The Kier molecular flexibility index (Phi) is 4.34. The van der Waals surface area contributed by atoms with Crippen molar-refractivity contribution in [2.75, 3.05) is 23.8 Å². The summed E-state index contributed by atoms with van der Waals surface area (Å²) in [5.74, 6) is 0.812. The molecule has 0 atom stereocenters. The molecule has 2 N–H and O–H groups in total. The maximum atomic E-state index is 6.25. The molecule has 0 saturated heterocycles. The van der Waals surface area contributed by atoms with Gasteiger partial charge in [0.25, 0.3) is 0 Å². The van der Waals surface area contributed by atoms with E-state index in [1.165, 1.54) is 25.7 Å². The van der Waals surface area contributed by atoms with Gasteiger partial charge in [0, 0.05) is 12.6 Å². The van der Waals surface area contributed by atoms with Crippen LogP contribution in [0.4, 0.5) is 11.4 Å². The molecule has 2 rings (SSSR count). The highest BCUT2D eigenvalue weighted by molar-refractivity contribution is 5.74. The van der Waals surface area contributed by atoms with E-state index in [4.69, 9.17) is 10.5 Å². The molecular weight excluding hydrogens is 224 g/mol. The number of hydrogen-bond acceptors (Lipinski definition) is 3. The highest BCUT2D eigenvalue weighted by atomic mass is 16.5. The first-order chi connectivity index (χ1) is 8.77. The van der Waals surface area contributed by atoms with Crippen LogP contribution < -0.4 is 15.4 Å². The summed E-state index contributed by atoms with van der Waals surface area (Å²) >= 11 is 0. The minimum atomic E-state index is 0.647. The zero-order chi connectivity index (χ0) is 13.0. The first-order valence-electron chi connectivity index (χ1n) is 7.05. The van der Waals surface area contributed by atoms with E-state index in [1.54, 1.807) is 0 Å². The highest BCUT2D eigenvalue weighted by Gasteiger charge is 2.23. The van der Waals surface area contributed by atoms with Crippen LogP contribution in [-0.4, -0.2) is 19.2 Å². The van der Waals surface area contributed by atoms with Crippen molar-refractivity contribution < 1.29 is 4.74 Å². The number of benzene rings is 1. The lowest BCUT2D eigenvalue weighted by molar-refractivity contribution is 0.342. The van der Waals surface area contributed by atoms with E-state index in [0.29, 0.717) is 12.6 Å². The van der Waals surface area contributed by atoms with E-state index in [9.17, 15) is 0 Å². The van der Waals surface area contributed by atoms with Crippen LogP contribution in [0, 0.1) is 0 Å². The van der Waals surface area contributed by atoms with Crippen molar-refractivity contribution in [3.8, 4) is 5.75 Å². The molecule has 1 saturated carbocycles. The van der Waals surface area contributed by atoms with E-state index in [0.717, 1.165) is 23.7 Å². The van der Waals surface area contributed by atoms with Crippen molar-refractivity contribution in [3.63, 3.8) is 0 Å². The Bertz CT molecular complexity index is 386. The number of nitrogen functional groups attached to an aromatic ring is 1. The average molecular weight is 248 g/mol. The monoisotopic (exact) mass is 248 g/mol. The fourth-order valence-corrected chi connectivity index (χ4v) is 2.91. The Hall–Kier alpha value is -1.38. The Labute approximate surface area is 110 Å². The van der Waals surface area contributed by atoms with Gasteiger partial charge in [0.05, 0.1) is 18.0 Å². The first kappa shape index (κ1) is 13.1. The van der Waals surface area contributed by atoms with E-state index in [-0.39, 0.29) is 0 Å². The molecule has 1 fully saturated rings. The summed E-state index contributed by atoms with van der Waals surface area (Å²) in [6.45, 7) is 5.85. The third-order valence-corrected chi connectivity index (χ3v) is 3.76. The minimum absolute atomic E-state index is 0.647. The van der Waals surface area contributed by atoms with Gasteiger partial charge < -0.3 is 15.4 Å². The third kappa shape index (κ3) is 2.55. The summed E-state index contributed by atoms with van der Waals surface area (Å²) in [6, 6.07) is 6.74. The van der Waals surface area contributed by atoms with Crippen molar-refractivity contribution in [2.24, 2.45) is 0 Å². The fourth-order valence-electron chi connectivity index (χ4n) is 2.91. The summed E-state index contributed by atoms with van der Waals surface area (Å²) in [4.78, 5) is 2.44. The lowest BCUT2D eigenvalue weighted by Gasteiger charge is -2.31. The van der Waals surface area contributed by atoms with Crippen LogP contribution >= 0.6 is 0 Å². The SMILES string of the molecule is CCOc1cccc(N(CC)C2CCCC2)c1N. The molecule has 0 aromatic heterocycles. The van der Waals surface area contributed by atoms with Crippen LogP contribution in [-0.2, 0) is 0 Å². The fraction of sp³-hybridized carbons (Fsp3) is 0.600. The van der Waals surface area contributed by atoms with Crippen LogP contribution in [0.15, 0.2) is 18.2 Å². The molecule has 0 radical (unpaired) electrons. The Morgan fingerprint density at radius 3 is 2.61 bits per heavy atom. The minimum Gasteiger partial charge on any atom is -0.492 e. The van der Waals surface area contributed by atoms with E-state index in [1.807, 2.05) is 19.1 Å².